The summed E-state index contributed by atoms with van der Waals surface area (Å²) in [6, 6.07) is 3.42. The largest absolute Gasteiger partial charge is 0.436 e. The number of allylic oxidation sites excluding steroid dienone is 3. The maximum absolute atomic E-state index is 7.01. The van der Waals surface area contributed by atoms with Crippen LogP contribution in [0.3, 0.4) is 0 Å². The van der Waals surface area contributed by atoms with Crippen molar-refractivity contribution in [3.63, 3.8) is 0 Å². The van der Waals surface area contributed by atoms with Gasteiger partial charge in [-0.05, 0) is 89.6 Å². The molecule has 0 aromatic carbocycles. The third-order valence-corrected chi connectivity index (χ3v) is 21.8. The summed E-state index contributed by atoms with van der Waals surface area (Å²) in [5, 5.41) is 0. The minimum absolute atomic E-state index is 1.05. The normalized spacial score (nSPS) is 14.7. The van der Waals surface area contributed by atoms with Crippen molar-refractivity contribution in [2.45, 2.75) is 122 Å². The first kappa shape index (κ1) is 32.0. The lowest BCUT2D eigenvalue weighted by Crippen LogP contribution is -2.57. The second-order valence-corrected chi connectivity index (χ2v) is 27.0. The van der Waals surface area contributed by atoms with Gasteiger partial charge in [0.05, 0.1) is 0 Å². The van der Waals surface area contributed by atoms with Crippen molar-refractivity contribution in [1.29, 1.82) is 0 Å². The molecule has 1 unspecified atom stereocenters. The Morgan fingerprint density at radius 2 is 0.875 bits per heavy atom. The number of hydrogen-bond donors (Lipinski definition) is 0. The quantitative estimate of drug-likeness (QED) is 0.0867. The molecule has 0 saturated heterocycles. The topological polar surface area (TPSA) is 27.7 Å². The Kier molecular flexibility index (Phi) is 15.8. The summed E-state index contributed by atoms with van der Waals surface area (Å²) in [5.41, 5.74) is 0. The van der Waals surface area contributed by atoms with Gasteiger partial charge in [-0.3, -0.25) is 0 Å². The SMILES string of the molecule is C=CCCCC[Si](C)(C)O[Si](C)(C)O[Si](C)(CCCCC=C)O[Si](C)(C)CCCCC=C. The predicted molar refractivity (Wildman–Crippen MR) is 154 cm³/mol. The molecule has 0 N–H and O–H groups in total. The molecule has 0 spiro atoms. The second kappa shape index (κ2) is 15.8. The summed E-state index contributed by atoms with van der Waals surface area (Å²) >= 11 is 0. The minimum Gasteiger partial charge on any atom is -0.436 e. The van der Waals surface area contributed by atoms with Gasteiger partial charge in [0.15, 0.2) is 16.6 Å². The monoisotopic (exact) mass is 514 g/mol. The van der Waals surface area contributed by atoms with Crippen molar-refractivity contribution >= 4 is 33.8 Å². The van der Waals surface area contributed by atoms with Gasteiger partial charge in [-0.25, -0.2) is 0 Å². The highest BCUT2D eigenvalue weighted by Gasteiger charge is 2.45. The molecule has 0 bridgehead atoms. The highest BCUT2D eigenvalue weighted by molar-refractivity contribution is 6.89. The molecular formula is C25H54O3Si4. The zero-order valence-electron chi connectivity index (χ0n) is 22.6. The summed E-state index contributed by atoms with van der Waals surface area (Å²) < 4.78 is 20.8. The Balaban J connectivity index is 5.19. The van der Waals surface area contributed by atoms with Crippen molar-refractivity contribution in [2.75, 3.05) is 0 Å². The molecule has 188 valence electrons. The van der Waals surface area contributed by atoms with Crippen LogP contribution in [0, 0.1) is 0 Å². The van der Waals surface area contributed by atoms with Crippen LogP contribution in [-0.4, -0.2) is 33.8 Å². The van der Waals surface area contributed by atoms with Crippen molar-refractivity contribution in [3.8, 4) is 0 Å². The smallest absolute Gasteiger partial charge is 0.315 e. The van der Waals surface area contributed by atoms with Crippen LogP contribution >= 0.6 is 0 Å². The molecule has 0 amide bonds. The third-order valence-electron chi connectivity index (χ3n) is 5.64. The summed E-state index contributed by atoms with van der Waals surface area (Å²) in [5.74, 6) is 0. The van der Waals surface area contributed by atoms with Crippen LogP contribution in [-0.2, 0) is 12.3 Å². The summed E-state index contributed by atoms with van der Waals surface area (Å²) in [4.78, 5) is 0. The van der Waals surface area contributed by atoms with Gasteiger partial charge in [-0.2, -0.15) is 0 Å². The van der Waals surface area contributed by atoms with Crippen molar-refractivity contribution in [3.05, 3.63) is 38.0 Å². The standard InChI is InChI=1S/C25H54O3Si4/c1-11-14-17-20-23-29(4,5)26-31(8,9)28-32(10,25-22-19-16-13-3)27-30(6,7)24-21-18-15-12-2/h11-13H,1-3,14-25H2,4-10H3. The molecule has 0 aromatic rings. The van der Waals surface area contributed by atoms with Crippen LogP contribution in [0.5, 0.6) is 0 Å². The van der Waals surface area contributed by atoms with E-state index in [1.165, 1.54) is 37.8 Å². The maximum atomic E-state index is 7.01. The number of hydrogen-bond acceptors (Lipinski definition) is 3. The van der Waals surface area contributed by atoms with Gasteiger partial charge in [0.1, 0.15) is 0 Å². The van der Waals surface area contributed by atoms with E-state index in [1.54, 1.807) is 0 Å². The summed E-state index contributed by atoms with van der Waals surface area (Å²) in [7, 11) is -8.18. The maximum Gasteiger partial charge on any atom is 0.315 e. The van der Waals surface area contributed by atoms with Crippen molar-refractivity contribution in [1.82, 2.24) is 0 Å². The van der Waals surface area contributed by atoms with E-state index in [4.69, 9.17) is 12.3 Å². The molecule has 32 heavy (non-hydrogen) atoms. The van der Waals surface area contributed by atoms with E-state index in [-0.39, 0.29) is 0 Å². The zero-order chi connectivity index (χ0) is 24.7. The Morgan fingerprint density at radius 1 is 0.500 bits per heavy atom. The van der Waals surface area contributed by atoms with Gasteiger partial charge in [0.25, 0.3) is 0 Å². The Bertz CT molecular complexity index is 549. The fourth-order valence-electron chi connectivity index (χ4n) is 4.43. The van der Waals surface area contributed by atoms with E-state index in [0.717, 1.165) is 38.1 Å². The minimum atomic E-state index is -2.33. The van der Waals surface area contributed by atoms with Crippen molar-refractivity contribution in [2.24, 2.45) is 0 Å². The molecule has 0 aliphatic rings. The van der Waals surface area contributed by atoms with Crippen LogP contribution in [0.1, 0.15) is 57.8 Å². The first-order valence-electron chi connectivity index (χ1n) is 12.7. The van der Waals surface area contributed by atoms with Crippen LogP contribution in [0.25, 0.3) is 0 Å². The summed E-state index contributed by atoms with van der Waals surface area (Å²) in [6.45, 7) is 27.8. The van der Waals surface area contributed by atoms with Gasteiger partial charge >= 0.3 is 17.1 Å². The molecule has 0 aliphatic carbocycles. The highest BCUT2D eigenvalue weighted by Crippen LogP contribution is 2.31. The second-order valence-electron chi connectivity index (χ2n) is 11.0. The zero-order valence-corrected chi connectivity index (χ0v) is 26.6. The van der Waals surface area contributed by atoms with Gasteiger partial charge in [0, 0.05) is 0 Å². The molecule has 1 atom stereocenters. The molecule has 0 heterocycles. The average Bonchev–Trinajstić information content (AvgIpc) is 2.64. The van der Waals surface area contributed by atoms with Gasteiger partial charge in [-0.1, -0.05) is 50.3 Å². The van der Waals surface area contributed by atoms with Gasteiger partial charge in [0.2, 0.25) is 0 Å². The van der Waals surface area contributed by atoms with Crippen molar-refractivity contribution < 1.29 is 12.3 Å². The Labute approximate surface area is 205 Å². The first-order valence-corrected chi connectivity index (χ1v) is 24.3. The highest BCUT2D eigenvalue weighted by atomic mass is 28.5. The molecule has 0 radical (unpaired) electrons. The molecule has 0 rings (SSSR count). The summed E-state index contributed by atoms with van der Waals surface area (Å²) in [6.07, 6.45) is 16.4. The van der Waals surface area contributed by atoms with Crippen LogP contribution in [0.2, 0.25) is 64.0 Å². The molecule has 7 heteroatoms. The van der Waals surface area contributed by atoms with E-state index >= 15 is 0 Å². The Morgan fingerprint density at radius 3 is 1.28 bits per heavy atom. The van der Waals surface area contributed by atoms with E-state index < -0.39 is 33.8 Å². The van der Waals surface area contributed by atoms with Crippen LogP contribution < -0.4 is 0 Å². The average molecular weight is 515 g/mol. The fourth-order valence-corrected chi connectivity index (χ4v) is 24.4. The fraction of sp³-hybridized carbons (Fsp3) is 0.760. The molecule has 0 aromatic heterocycles. The third kappa shape index (κ3) is 16.6. The Hall–Kier alpha value is -0.0325. The number of unbranched alkanes of at least 4 members (excludes halogenated alkanes) is 6. The molecule has 0 saturated carbocycles. The molecule has 3 nitrogen and oxygen atoms in total. The molecular weight excluding hydrogens is 461 g/mol. The van der Waals surface area contributed by atoms with E-state index in [2.05, 4.69) is 65.6 Å². The molecule has 0 fully saturated rings. The first-order chi connectivity index (χ1) is 14.8. The lowest BCUT2D eigenvalue weighted by atomic mass is 10.2. The van der Waals surface area contributed by atoms with Gasteiger partial charge in [-0.15, -0.1) is 19.7 Å². The molecule has 0 aliphatic heterocycles. The lowest BCUT2D eigenvalue weighted by molar-refractivity contribution is 0.318. The van der Waals surface area contributed by atoms with Crippen LogP contribution in [0.4, 0.5) is 0 Å². The van der Waals surface area contributed by atoms with E-state index in [0.29, 0.717) is 0 Å². The van der Waals surface area contributed by atoms with Gasteiger partial charge < -0.3 is 12.3 Å². The van der Waals surface area contributed by atoms with E-state index in [9.17, 15) is 0 Å². The van der Waals surface area contributed by atoms with E-state index in [1.807, 2.05) is 18.2 Å². The van der Waals surface area contributed by atoms with Crippen LogP contribution in [0.15, 0.2) is 38.0 Å². The number of rotatable bonds is 21. The predicted octanol–water partition coefficient (Wildman–Crippen LogP) is 9.29. The lowest BCUT2D eigenvalue weighted by Gasteiger charge is -2.43.